The van der Waals surface area contributed by atoms with E-state index in [0.29, 0.717) is 40.4 Å². The van der Waals surface area contributed by atoms with Crippen LogP contribution in [0.2, 0.25) is 5.02 Å². The summed E-state index contributed by atoms with van der Waals surface area (Å²) in [7, 11) is 0. The van der Waals surface area contributed by atoms with Crippen molar-refractivity contribution in [2.75, 3.05) is 11.9 Å². The Morgan fingerprint density at radius 3 is 2.42 bits per heavy atom. The second kappa shape index (κ2) is 13.2. The fourth-order valence-electron chi connectivity index (χ4n) is 5.14. The summed E-state index contributed by atoms with van der Waals surface area (Å²) in [5.74, 6) is -3.20. The summed E-state index contributed by atoms with van der Waals surface area (Å²) in [6.07, 6.45) is 0.303. The summed E-state index contributed by atoms with van der Waals surface area (Å²) in [4.78, 5) is 40.1. The summed E-state index contributed by atoms with van der Waals surface area (Å²) in [5.41, 5.74) is 1.93. The van der Waals surface area contributed by atoms with Gasteiger partial charge < -0.3 is 20.1 Å². The number of halogens is 4. The molecule has 2 unspecified atom stereocenters. The predicted octanol–water partition coefficient (Wildman–Crippen LogP) is 5.34. The lowest BCUT2D eigenvalue weighted by atomic mass is 9.82. The van der Waals surface area contributed by atoms with Crippen molar-refractivity contribution in [3.8, 4) is 11.4 Å². The van der Waals surface area contributed by atoms with Gasteiger partial charge in [-0.2, -0.15) is 4.68 Å². The summed E-state index contributed by atoms with van der Waals surface area (Å²) in [6.45, 7) is 0.223. The number of amides is 2. The van der Waals surface area contributed by atoms with Crippen LogP contribution in [0.25, 0.3) is 11.8 Å². The maximum Gasteiger partial charge on any atom is 0.573 e. The quantitative estimate of drug-likeness (QED) is 0.246. The van der Waals surface area contributed by atoms with E-state index in [-0.39, 0.29) is 12.1 Å². The highest BCUT2D eigenvalue weighted by molar-refractivity contribution is 6.30. The number of carbonyl (C=O) groups is 3. The van der Waals surface area contributed by atoms with E-state index >= 15 is 0 Å². The SMILES string of the molecule is O=C(O)c1ccc(NC(=O)C2C(c3ccc(OC(F)(F)F)cc3)CCCN2C(=O)/C=C/c2cc(Cl)ccc2-n2cnnn2)cc1. The number of nitrogens with one attached hydrogen (secondary N) is 1. The third-order valence-electron chi connectivity index (χ3n) is 7.11. The van der Waals surface area contributed by atoms with Crippen LogP contribution in [0.15, 0.2) is 79.1 Å². The fourth-order valence-corrected chi connectivity index (χ4v) is 5.32. The van der Waals surface area contributed by atoms with Gasteiger partial charge in [0.2, 0.25) is 11.8 Å². The van der Waals surface area contributed by atoms with Crippen LogP contribution in [-0.4, -0.2) is 66.9 Å². The number of ether oxygens (including phenoxy) is 1. The van der Waals surface area contributed by atoms with Crippen molar-refractivity contribution in [2.24, 2.45) is 0 Å². The molecule has 2 amide bonds. The number of alkyl halides is 3. The predicted molar refractivity (Wildman–Crippen MR) is 156 cm³/mol. The Bertz CT molecular complexity index is 1710. The van der Waals surface area contributed by atoms with Crippen LogP contribution in [0.5, 0.6) is 5.75 Å². The average Bonchev–Trinajstić information content (AvgIpc) is 3.54. The first-order valence-corrected chi connectivity index (χ1v) is 13.9. The summed E-state index contributed by atoms with van der Waals surface area (Å²) >= 11 is 6.20. The van der Waals surface area contributed by atoms with Crippen molar-refractivity contribution >= 4 is 41.1 Å². The van der Waals surface area contributed by atoms with Gasteiger partial charge in [-0.05, 0) is 89.5 Å². The second-order valence-electron chi connectivity index (χ2n) is 10.0. The molecule has 2 N–H and O–H groups in total. The van der Waals surface area contributed by atoms with Crippen molar-refractivity contribution < 1.29 is 37.4 Å². The van der Waals surface area contributed by atoms with Crippen LogP contribution in [0.3, 0.4) is 0 Å². The largest absolute Gasteiger partial charge is 0.573 e. The van der Waals surface area contributed by atoms with Gasteiger partial charge >= 0.3 is 12.3 Å². The van der Waals surface area contributed by atoms with Crippen LogP contribution >= 0.6 is 11.6 Å². The summed E-state index contributed by atoms with van der Waals surface area (Å²) in [6, 6.07) is 14.6. The Morgan fingerprint density at radius 1 is 1.04 bits per heavy atom. The van der Waals surface area contributed by atoms with Gasteiger partial charge in [0, 0.05) is 34.8 Å². The van der Waals surface area contributed by atoms with E-state index in [2.05, 4.69) is 25.6 Å². The van der Waals surface area contributed by atoms with E-state index in [1.807, 2.05) is 0 Å². The van der Waals surface area contributed by atoms with E-state index < -0.39 is 41.9 Å². The molecule has 2 atom stereocenters. The molecule has 0 radical (unpaired) electrons. The normalized spacial score (nSPS) is 16.8. The monoisotopic (exact) mass is 640 g/mol. The number of rotatable bonds is 8. The number of anilines is 1. The smallest absolute Gasteiger partial charge is 0.478 e. The van der Waals surface area contributed by atoms with Crippen LogP contribution < -0.4 is 10.1 Å². The molecule has 45 heavy (non-hydrogen) atoms. The third kappa shape index (κ3) is 7.65. The number of piperidine rings is 1. The lowest BCUT2D eigenvalue weighted by molar-refractivity contribution is -0.274. The van der Waals surface area contributed by atoms with Gasteiger partial charge in [0.25, 0.3) is 0 Å². The zero-order valence-corrected chi connectivity index (χ0v) is 23.9. The number of carboxylic acid groups (broad SMARTS) is 1. The molecule has 5 rings (SSSR count). The third-order valence-corrected chi connectivity index (χ3v) is 7.35. The molecule has 0 aliphatic carbocycles. The van der Waals surface area contributed by atoms with Crippen LogP contribution in [-0.2, 0) is 9.59 Å². The minimum atomic E-state index is -4.87. The molecular formula is C30H24ClF3N6O5. The number of nitrogens with zero attached hydrogens (tertiary/aromatic N) is 5. The fraction of sp³-hybridized carbons (Fsp3) is 0.200. The Kier molecular flexibility index (Phi) is 9.13. The molecule has 0 saturated carbocycles. The molecule has 4 aromatic rings. The van der Waals surface area contributed by atoms with Gasteiger partial charge in [0.05, 0.1) is 11.3 Å². The Labute approximate surface area is 258 Å². The van der Waals surface area contributed by atoms with E-state index in [1.54, 1.807) is 18.2 Å². The highest BCUT2D eigenvalue weighted by Gasteiger charge is 2.40. The van der Waals surface area contributed by atoms with Gasteiger partial charge in [0.1, 0.15) is 18.1 Å². The molecule has 1 aromatic heterocycles. The Morgan fingerprint density at radius 2 is 1.78 bits per heavy atom. The van der Waals surface area contributed by atoms with Crippen LogP contribution in [0, 0.1) is 0 Å². The summed E-state index contributed by atoms with van der Waals surface area (Å²) in [5, 5.41) is 23.5. The molecule has 232 valence electrons. The molecule has 11 nitrogen and oxygen atoms in total. The van der Waals surface area contributed by atoms with Gasteiger partial charge in [-0.1, -0.05) is 23.7 Å². The number of likely N-dealkylation sites (tertiary alicyclic amines) is 1. The number of carboxylic acids is 1. The number of benzene rings is 3. The number of hydrogen-bond acceptors (Lipinski definition) is 7. The number of aromatic carboxylic acids is 1. The lowest BCUT2D eigenvalue weighted by Gasteiger charge is -2.40. The Balaban J connectivity index is 1.45. The standard InChI is InChI=1S/C30H24ClF3N6O5/c31-21-8-13-25(40-17-35-37-38-40)20(16-21)7-14-26(41)39-15-1-2-24(18-5-11-23(12-6-18)45-30(32,33)34)27(39)28(42)36-22-9-3-19(4-10-22)29(43)44/h3-14,16-17,24,27H,1-2,15H2,(H,36,42)(H,43,44)/b14-7+. The number of carbonyl (C=O) groups excluding carboxylic acids is 2. The molecule has 1 fully saturated rings. The van der Waals surface area contributed by atoms with Gasteiger partial charge in [-0.3, -0.25) is 9.59 Å². The number of aromatic nitrogens is 4. The minimum absolute atomic E-state index is 0.0220. The highest BCUT2D eigenvalue weighted by atomic mass is 35.5. The molecular weight excluding hydrogens is 617 g/mol. The molecule has 15 heteroatoms. The van der Waals surface area contributed by atoms with E-state index in [1.165, 1.54) is 64.5 Å². The van der Waals surface area contributed by atoms with E-state index in [9.17, 15) is 32.7 Å². The first kappa shape index (κ1) is 31.2. The number of hydrogen-bond donors (Lipinski definition) is 2. The van der Waals surface area contributed by atoms with Crippen LogP contribution in [0.4, 0.5) is 18.9 Å². The minimum Gasteiger partial charge on any atom is -0.478 e. The van der Waals surface area contributed by atoms with Gasteiger partial charge in [-0.25, -0.2) is 4.79 Å². The summed E-state index contributed by atoms with van der Waals surface area (Å²) < 4.78 is 43.6. The molecule has 1 aliphatic rings. The van der Waals surface area contributed by atoms with Crippen molar-refractivity contribution in [3.05, 3.63) is 101 Å². The van der Waals surface area contributed by atoms with Crippen molar-refractivity contribution in [1.82, 2.24) is 25.1 Å². The molecule has 0 bridgehead atoms. The molecule has 0 spiro atoms. The molecule has 2 heterocycles. The maximum absolute atomic E-state index is 13.8. The Hall–Kier alpha value is -5.24. The van der Waals surface area contributed by atoms with Crippen molar-refractivity contribution in [1.29, 1.82) is 0 Å². The topological polar surface area (TPSA) is 140 Å². The zero-order chi connectivity index (χ0) is 32.1. The zero-order valence-electron chi connectivity index (χ0n) is 23.2. The molecule has 1 saturated heterocycles. The van der Waals surface area contributed by atoms with Gasteiger partial charge in [0.15, 0.2) is 0 Å². The van der Waals surface area contributed by atoms with Crippen LogP contribution in [0.1, 0.15) is 40.2 Å². The average molecular weight is 641 g/mol. The number of tetrazole rings is 1. The molecule has 3 aromatic carbocycles. The van der Waals surface area contributed by atoms with E-state index in [4.69, 9.17) is 11.6 Å². The van der Waals surface area contributed by atoms with Gasteiger partial charge in [-0.15, -0.1) is 18.3 Å². The highest BCUT2D eigenvalue weighted by Crippen LogP contribution is 2.35. The van der Waals surface area contributed by atoms with Crippen molar-refractivity contribution in [2.45, 2.75) is 31.2 Å². The van der Waals surface area contributed by atoms with E-state index in [0.717, 1.165) is 12.1 Å². The van der Waals surface area contributed by atoms with Crippen molar-refractivity contribution in [3.63, 3.8) is 0 Å². The first-order valence-electron chi connectivity index (χ1n) is 13.5. The molecule has 1 aliphatic heterocycles. The first-order chi connectivity index (χ1) is 21.5. The second-order valence-corrected chi connectivity index (χ2v) is 10.4. The maximum atomic E-state index is 13.8. The lowest BCUT2D eigenvalue weighted by Crippen LogP contribution is -2.53.